The van der Waals surface area contributed by atoms with Crippen molar-refractivity contribution in [2.24, 2.45) is 21.8 Å². The van der Waals surface area contributed by atoms with E-state index >= 15 is 0 Å². The molecule has 2 bridgehead atoms. The molecule has 292 valence electrons. The van der Waals surface area contributed by atoms with Crippen LogP contribution in [0.1, 0.15) is 62.4 Å². The van der Waals surface area contributed by atoms with E-state index in [1.807, 2.05) is 18.5 Å². The number of ether oxygens (including phenoxy) is 1. The molecule has 6 aliphatic rings. The number of aliphatic carboxylic acids is 1. The Morgan fingerprint density at radius 2 is 1.33 bits per heavy atom. The van der Waals surface area contributed by atoms with E-state index in [4.69, 9.17) is 4.74 Å². The number of hydrogen-bond donors (Lipinski definition) is 3. The first-order valence-electron chi connectivity index (χ1n) is 19.9. The van der Waals surface area contributed by atoms with Crippen LogP contribution in [0, 0.1) is 11.8 Å². The number of likely N-dealkylation sites (tertiary alicyclic amines) is 1. The van der Waals surface area contributed by atoms with Crippen LogP contribution in [0.25, 0.3) is 20.4 Å². The molecule has 0 saturated carbocycles. The third-order valence-corrected chi connectivity index (χ3v) is 14.7. The molecule has 2 saturated heterocycles. The molecule has 0 spiro atoms. The second-order valence-corrected chi connectivity index (χ2v) is 18.0. The van der Waals surface area contributed by atoms with Gasteiger partial charge in [0.1, 0.15) is 34.0 Å². The summed E-state index contributed by atoms with van der Waals surface area (Å²) < 4.78 is 5.68. The normalized spacial score (nSPS) is 22.0. The molecule has 2 unspecified atom stereocenters. The lowest BCUT2D eigenvalue weighted by molar-refractivity contribution is -0.142. The number of carbonyl (C=O) groups is 2. The zero-order valence-corrected chi connectivity index (χ0v) is 33.1. The molecule has 4 aliphatic heterocycles. The van der Waals surface area contributed by atoms with E-state index in [-0.39, 0.29) is 24.0 Å². The van der Waals surface area contributed by atoms with Gasteiger partial charge < -0.3 is 25.4 Å². The topological polar surface area (TPSA) is 167 Å². The van der Waals surface area contributed by atoms with E-state index in [1.165, 1.54) is 27.1 Å². The van der Waals surface area contributed by atoms with Crippen LogP contribution in [0.2, 0.25) is 0 Å². The van der Waals surface area contributed by atoms with Crippen LogP contribution in [0.3, 0.4) is 0 Å². The molecular formula is C43H39N9O4S2. The summed E-state index contributed by atoms with van der Waals surface area (Å²) in [6.07, 6.45) is 12.9. The number of carboxylic acid groups (broad SMARTS) is 1. The lowest BCUT2D eigenvalue weighted by atomic mass is 9.86. The van der Waals surface area contributed by atoms with Crippen molar-refractivity contribution in [3.05, 3.63) is 92.2 Å². The zero-order valence-electron chi connectivity index (χ0n) is 31.5. The van der Waals surface area contributed by atoms with Crippen molar-refractivity contribution in [3.63, 3.8) is 0 Å². The minimum atomic E-state index is -0.711. The average Bonchev–Trinajstić information content (AvgIpc) is 4.10. The predicted octanol–water partition coefficient (Wildman–Crippen LogP) is 7.03. The van der Waals surface area contributed by atoms with Gasteiger partial charge in [-0.05, 0) is 103 Å². The lowest BCUT2D eigenvalue weighted by Crippen LogP contribution is -2.45. The van der Waals surface area contributed by atoms with Gasteiger partial charge in [-0.15, -0.1) is 22.7 Å². The predicted molar refractivity (Wildman–Crippen MR) is 225 cm³/mol. The van der Waals surface area contributed by atoms with Crippen molar-refractivity contribution in [1.82, 2.24) is 24.8 Å². The van der Waals surface area contributed by atoms with Gasteiger partial charge in [0.25, 0.3) is 0 Å². The Morgan fingerprint density at radius 1 is 0.759 bits per heavy atom. The standard InChI is InChI=1S/C24H23N5O2S.C19H16N4O2S/c30-24(29-10-18-7-17(29)11-31-18)13-2-4-19-20(6-13)32-23-21(19)22(26-12-27-23)28-16-3-1-14-8-25-9-15(14)5-16;24-19(25)10-2-4-14-15(6-10)26-18-16(14)17(21-9-22-18)23-13-3-1-11-7-20-8-12(11)5-13/h1,3,5,9,12-13,17-18H,2,4,6-8,10-11H2,(H,26,27,28);1,3,5,8-10H,2,4,6-7H2,(H,24,25)(H,21,22,23)/t13-,17?,18?;10-/m00/s1. The van der Waals surface area contributed by atoms with E-state index in [0.717, 1.165) is 111 Å². The van der Waals surface area contributed by atoms with Gasteiger partial charge in [0.05, 0.1) is 48.5 Å². The van der Waals surface area contributed by atoms with E-state index in [0.29, 0.717) is 25.4 Å². The van der Waals surface area contributed by atoms with Crippen molar-refractivity contribution < 1.29 is 19.4 Å². The SMILES string of the molecule is O=C(O)[C@H]1CCc2c(sc3ncnc(Nc4ccc5c(c4)C=NC5)c23)C1.O=C([C@H]1CCc2c(sc3ncnc(Nc4ccc5c(c4)C=NC5)c23)C1)N1CC2CC1CO2. The number of aryl methyl sites for hydroxylation is 2. The highest BCUT2D eigenvalue weighted by Gasteiger charge is 2.44. The van der Waals surface area contributed by atoms with Crippen LogP contribution in [0.15, 0.2) is 59.0 Å². The second kappa shape index (κ2) is 14.3. The molecule has 12 rings (SSSR count). The number of morpholine rings is 1. The number of nitrogens with zero attached hydrogens (tertiary/aromatic N) is 7. The number of carbonyl (C=O) groups excluding carboxylic acids is 1. The molecule has 0 radical (unpaired) electrons. The lowest BCUT2D eigenvalue weighted by Gasteiger charge is -2.32. The third-order valence-electron chi connectivity index (χ3n) is 12.4. The molecule has 4 aromatic heterocycles. The highest BCUT2D eigenvalue weighted by molar-refractivity contribution is 7.19. The van der Waals surface area contributed by atoms with Crippen molar-refractivity contribution in [3.8, 4) is 0 Å². The van der Waals surface area contributed by atoms with Crippen molar-refractivity contribution in [2.45, 2.75) is 70.2 Å². The summed E-state index contributed by atoms with van der Waals surface area (Å²) in [6, 6.07) is 12.8. The highest BCUT2D eigenvalue weighted by atomic mass is 32.1. The van der Waals surface area contributed by atoms with Gasteiger partial charge in [-0.3, -0.25) is 19.6 Å². The summed E-state index contributed by atoms with van der Waals surface area (Å²) in [4.78, 5) is 57.7. The summed E-state index contributed by atoms with van der Waals surface area (Å²) in [5.74, 6) is 1.01. The van der Waals surface area contributed by atoms with Gasteiger partial charge in [0, 0.05) is 46.0 Å². The van der Waals surface area contributed by atoms with E-state index in [1.54, 1.807) is 35.3 Å². The van der Waals surface area contributed by atoms with Crippen LogP contribution in [0.5, 0.6) is 0 Å². The molecule has 2 aliphatic carbocycles. The summed E-state index contributed by atoms with van der Waals surface area (Å²) in [6.45, 7) is 2.98. The molecule has 4 atom stereocenters. The Balaban J connectivity index is 0.000000136. The minimum Gasteiger partial charge on any atom is -0.481 e. The second-order valence-electron chi connectivity index (χ2n) is 15.9. The Labute approximate surface area is 341 Å². The van der Waals surface area contributed by atoms with Gasteiger partial charge in [-0.25, -0.2) is 19.9 Å². The minimum absolute atomic E-state index is 0.0651. The van der Waals surface area contributed by atoms with Crippen molar-refractivity contribution in [1.29, 1.82) is 0 Å². The van der Waals surface area contributed by atoms with Crippen molar-refractivity contribution in [2.75, 3.05) is 23.8 Å². The average molecular weight is 810 g/mol. The zero-order chi connectivity index (χ0) is 38.9. The smallest absolute Gasteiger partial charge is 0.306 e. The number of anilines is 4. The quantitative estimate of drug-likeness (QED) is 0.159. The number of thiophene rings is 2. The molecule has 13 nitrogen and oxygen atoms in total. The number of benzene rings is 2. The molecule has 3 N–H and O–H groups in total. The van der Waals surface area contributed by atoms with Gasteiger partial charge >= 0.3 is 5.97 Å². The summed E-state index contributed by atoms with van der Waals surface area (Å²) >= 11 is 3.31. The first kappa shape index (κ1) is 35.5. The number of amides is 1. The molecule has 2 aromatic carbocycles. The van der Waals surface area contributed by atoms with Gasteiger partial charge in [-0.1, -0.05) is 12.1 Å². The number of hydrogen-bond acceptors (Lipinski definition) is 13. The van der Waals surface area contributed by atoms with Crippen molar-refractivity contribution >= 4 is 90.4 Å². The number of nitrogens with one attached hydrogen (secondary N) is 2. The summed E-state index contributed by atoms with van der Waals surface area (Å²) in [5, 5.41) is 18.4. The van der Waals surface area contributed by atoms with Crippen LogP contribution >= 0.6 is 22.7 Å². The Hall–Kier alpha value is -5.64. The van der Waals surface area contributed by atoms with Gasteiger partial charge in [0.2, 0.25) is 5.91 Å². The third kappa shape index (κ3) is 6.32. The molecular weight excluding hydrogens is 771 g/mol. The maximum absolute atomic E-state index is 13.2. The summed E-state index contributed by atoms with van der Waals surface area (Å²) in [5.41, 5.74) is 9.27. The molecule has 15 heteroatoms. The fourth-order valence-electron chi connectivity index (χ4n) is 9.37. The Kier molecular flexibility index (Phi) is 8.77. The van der Waals surface area contributed by atoms with Gasteiger partial charge in [-0.2, -0.15) is 0 Å². The van der Waals surface area contributed by atoms with Crippen LogP contribution < -0.4 is 10.6 Å². The Bertz CT molecular complexity index is 2730. The van der Waals surface area contributed by atoms with Gasteiger partial charge in [0.15, 0.2) is 0 Å². The first-order chi connectivity index (χ1) is 28.4. The number of carboxylic acids is 1. The molecule has 8 heterocycles. The number of fused-ring (bicyclic) bond motifs is 10. The monoisotopic (exact) mass is 809 g/mol. The summed E-state index contributed by atoms with van der Waals surface area (Å²) in [7, 11) is 0. The van der Waals surface area contributed by atoms with Crippen LogP contribution in [-0.4, -0.2) is 79.5 Å². The van der Waals surface area contributed by atoms with E-state index in [9.17, 15) is 14.7 Å². The molecule has 6 aromatic rings. The van der Waals surface area contributed by atoms with Crippen LogP contribution in [-0.2, 0) is 53.1 Å². The highest BCUT2D eigenvalue weighted by Crippen LogP contribution is 2.43. The van der Waals surface area contributed by atoms with Crippen LogP contribution in [0.4, 0.5) is 23.0 Å². The first-order valence-corrected chi connectivity index (χ1v) is 21.5. The maximum atomic E-state index is 13.2. The number of aliphatic imine (C=N–C) groups is 2. The molecule has 58 heavy (non-hydrogen) atoms. The maximum Gasteiger partial charge on any atom is 0.306 e. The number of rotatable bonds is 6. The van der Waals surface area contributed by atoms with E-state index in [2.05, 4.69) is 75.8 Å². The molecule has 2 fully saturated rings. The Morgan fingerprint density at radius 3 is 1.86 bits per heavy atom. The van der Waals surface area contributed by atoms with E-state index < -0.39 is 5.97 Å². The fraction of sp³-hybridized carbons (Fsp3) is 0.349. The fourth-order valence-corrected chi connectivity index (χ4v) is 11.9. The number of aromatic nitrogens is 4. The molecule has 1 amide bonds. The largest absolute Gasteiger partial charge is 0.481 e.